The number of alkyl halides is 2. The molecule has 5 nitrogen and oxygen atoms in total. The highest BCUT2D eigenvalue weighted by Gasteiger charge is 2.11. The number of allylic oxidation sites excluding steroid dienone is 1. The van der Waals surface area contributed by atoms with E-state index in [0.29, 0.717) is 22.6 Å². The minimum Gasteiger partial charge on any atom is -0.493 e. The van der Waals surface area contributed by atoms with Gasteiger partial charge in [0.05, 0.1) is 21.3 Å². The average Bonchev–Trinajstić information content (AvgIpc) is 2.65. The quantitative estimate of drug-likeness (QED) is 0.519. The number of rotatable bonds is 8. The zero-order valence-electron chi connectivity index (χ0n) is 14.5. The lowest BCUT2D eigenvalue weighted by molar-refractivity contribution is -0.0512. The van der Waals surface area contributed by atoms with Crippen LogP contribution in [0.25, 0.3) is 6.08 Å². The normalized spacial score (nSPS) is 10.8. The molecule has 0 aliphatic rings. The van der Waals surface area contributed by atoms with Crippen molar-refractivity contribution in [3.8, 4) is 23.0 Å². The highest BCUT2D eigenvalue weighted by atomic mass is 19.3. The number of hydrogen-bond donors (Lipinski definition) is 0. The molecular weight excluding hydrogens is 346 g/mol. The lowest BCUT2D eigenvalue weighted by Crippen LogP contribution is -2.03. The molecule has 0 N–H and O–H groups in total. The van der Waals surface area contributed by atoms with Gasteiger partial charge in [-0.25, -0.2) is 0 Å². The minimum absolute atomic E-state index is 0.0779. The van der Waals surface area contributed by atoms with E-state index in [2.05, 4.69) is 4.74 Å². The molecule has 0 radical (unpaired) electrons. The van der Waals surface area contributed by atoms with Gasteiger partial charge in [0.15, 0.2) is 28.8 Å². The third-order valence-corrected chi connectivity index (χ3v) is 3.50. The van der Waals surface area contributed by atoms with Gasteiger partial charge in [0.2, 0.25) is 0 Å². The van der Waals surface area contributed by atoms with E-state index in [9.17, 15) is 13.6 Å². The van der Waals surface area contributed by atoms with E-state index >= 15 is 0 Å². The summed E-state index contributed by atoms with van der Waals surface area (Å²) in [5.74, 6) is 0.781. The first-order valence-corrected chi connectivity index (χ1v) is 7.55. The van der Waals surface area contributed by atoms with Crippen molar-refractivity contribution in [2.75, 3.05) is 21.3 Å². The molecule has 2 rings (SSSR count). The lowest BCUT2D eigenvalue weighted by Gasteiger charge is -2.10. The van der Waals surface area contributed by atoms with Crippen LogP contribution in [0, 0.1) is 0 Å². The Labute approximate surface area is 149 Å². The van der Waals surface area contributed by atoms with Crippen molar-refractivity contribution >= 4 is 11.9 Å². The zero-order chi connectivity index (χ0) is 19.1. The Bertz CT molecular complexity index is 803. The molecule has 138 valence electrons. The number of halogens is 2. The van der Waals surface area contributed by atoms with Crippen molar-refractivity contribution in [3.05, 3.63) is 53.6 Å². The maximum atomic E-state index is 12.3. The van der Waals surface area contributed by atoms with Crippen molar-refractivity contribution in [1.29, 1.82) is 0 Å². The maximum absolute atomic E-state index is 12.3. The van der Waals surface area contributed by atoms with Gasteiger partial charge >= 0.3 is 6.61 Å². The smallest absolute Gasteiger partial charge is 0.387 e. The van der Waals surface area contributed by atoms with E-state index < -0.39 is 6.61 Å². The summed E-state index contributed by atoms with van der Waals surface area (Å²) in [6, 6.07) is 9.22. The van der Waals surface area contributed by atoms with Crippen LogP contribution in [-0.2, 0) is 0 Å². The number of ketones is 1. The number of ether oxygens (including phenoxy) is 4. The molecular formula is C19H18F2O5. The fourth-order valence-corrected chi connectivity index (χ4v) is 2.24. The van der Waals surface area contributed by atoms with Gasteiger partial charge in [0, 0.05) is 5.56 Å². The van der Waals surface area contributed by atoms with Gasteiger partial charge in [-0.2, -0.15) is 8.78 Å². The van der Waals surface area contributed by atoms with E-state index in [4.69, 9.17) is 14.2 Å². The predicted molar refractivity (Wildman–Crippen MR) is 92.5 cm³/mol. The Morgan fingerprint density at radius 1 is 0.885 bits per heavy atom. The lowest BCUT2D eigenvalue weighted by atomic mass is 10.1. The second kappa shape index (κ2) is 8.84. The summed E-state index contributed by atoms with van der Waals surface area (Å²) in [6.45, 7) is -2.95. The predicted octanol–water partition coefficient (Wildman–Crippen LogP) is 4.21. The zero-order valence-corrected chi connectivity index (χ0v) is 14.5. The first-order chi connectivity index (χ1) is 12.5. The molecule has 0 unspecified atom stereocenters. The summed E-state index contributed by atoms with van der Waals surface area (Å²) in [6.07, 6.45) is 2.91. The number of carbonyl (C=O) groups is 1. The van der Waals surface area contributed by atoms with E-state index in [1.807, 2.05) is 0 Å². The molecule has 0 bridgehead atoms. The van der Waals surface area contributed by atoms with Crippen LogP contribution in [0.15, 0.2) is 42.5 Å². The molecule has 0 aromatic heterocycles. The fraction of sp³-hybridized carbons (Fsp3) is 0.211. The molecule has 2 aromatic carbocycles. The molecule has 0 fully saturated rings. The molecule has 0 aliphatic carbocycles. The van der Waals surface area contributed by atoms with Crippen LogP contribution in [-0.4, -0.2) is 33.7 Å². The molecule has 0 atom stereocenters. The van der Waals surface area contributed by atoms with Gasteiger partial charge in [0.1, 0.15) is 0 Å². The van der Waals surface area contributed by atoms with Crippen molar-refractivity contribution in [3.63, 3.8) is 0 Å². The standard InChI is InChI=1S/C19H18F2O5/c1-23-15-9-6-13(11-18(15)25-3)14(22)7-4-12-5-8-16(26-19(20)21)17(10-12)24-2/h4-11,19H,1-3H3/b7-4+. The first kappa shape index (κ1) is 19.2. The number of methoxy groups -OCH3 is 3. The Morgan fingerprint density at radius 2 is 1.50 bits per heavy atom. The Hall–Kier alpha value is -3.09. The summed E-state index contributed by atoms with van der Waals surface area (Å²) in [5, 5.41) is 0. The van der Waals surface area contributed by atoms with Crippen LogP contribution in [0.5, 0.6) is 23.0 Å². The average molecular weight is 364 g/mol. The minimum atomic E-state index is -2.95. The number of hydrogen-bond acceptors (Lipinski definition) is 5. The summed E-state index contributed by atoms with van der Waals surface area (Å²) >= 11 is 0. The fourth-order valence-electron chi connectivity index (χ4n) is 2.24. The van der Waals surface area contributed by atoms with Gasteiger partial charge < -0.3 is 18.9 Å². The topological polar surface area (TPSA) is 54.0 Å². The van der Waals surface area contributed by atoms with E-state index in [0.717, 1.165) is 0 Å². The number of benzene rings is 2. The Kier molecular flexibility index (Phi) is 6.54. The van der Waals surface area contributed by atoms with Crippen molar-refractivity contribution < 1.29 is 32.5 Å². The maximum Gasteiger partial charge on any atom is 0.387 e. The van der Waals surface area contributed by atoms with Crippen LogP contribution < -0.4 is 18.9 Å². The summed E-state index contributed by atoms with van der Waals surface area (Å²) in [5.41, 5.74) is 1.01. The van der Waals surface area contributed by atoms with Gasteiger partial charge in [0.25, 0.3) is 0 Å². The molecule has 0 spiro atoms. The molecule has 7 heteroatoms. The van der Waals surface area contributed by atoms with Gasteiger partial charge in [-0.05, 0) is 42.0 Å². The van der Waals surface area contributed by atoms with E-state index in [1.165, 1.54) is 39.5 Å². The highest BCUT2D eigenvalue weighted by molar-refractivity contribution is 6.07. The largest absolute Gasteiger partial charge is 0.493 e. The third-order valence-electron chi connectivity index (χ3n) is 3.50. The molecule has 26 heavy (non-hydrogen) atoms. The van der Waals surface area contributed by atoms with Gasteiger partial charge in [-0.15, -0.1) is 0 Å². The van der Waals surface area contributed by atoms with Crippen LogP contribution in [0.4, 0.5) is 8.78 Å². The Balaban J connectivity index is 2.20. The molecule has 0 saturated carbocycles. The van der Waals surface area contributed by atoms with Gasteiger partial charge in [-0.1, -0.05) is 12.1 Å². The second-order valence-corrected chi connectivity index (χ2v) is 5.06. The van der Waals surface area contributed by atoms with E-state index in [-0.39, 0.29) is 17.3 Å². The van der Waals surface area contributed by atoms with Crippen molar-refractivity contribution in [2.24, 2.45) is 0 Å². The summed E-state index contributed by atoms with van der Waals surface area (Å²) in [4.78, 5) is 12.3. The van der Waals surface area contributed by atoms with Gasteiger partial charge in [-0.3, -0.25) is 4.79 Å². The number of carbonyl (C=O) groups excluding carboxylic acids is 1. The molecule has 0 saturated heterocycles. The van der Waals surface area contributed by atoms with Crippen LogP contribution in [0.1, 0.15) is 15.9 Å². The molecule has 2 aromatic rings. The van der Waals surface area contributed by atoms with Crippen LogP contribution in [0.2, 0.25) is 0 Å². The molecule has 0 amide bonds. The van der Waals surface area contributed by atoms with Crippen molar-refractivity contribution in [1.82, 2.24) is 0 Å². The third kappa shape index (κ3) is 4.72. The summed E-state index contributed by atoms with van der Waals surface area (Å²) in [7, 11) is 4.33. The first-order valence-electron chi connectivity index (χ1n) is 7.55. The van der Waals surface area contributed by atoms with E-state index in [1.54, 1.807) is 30.3 Å². The second-order valence-electron chi connectivity index (χ2n) is 5.06. The van der Waals surface area contributed by atoms with Crippen LogP contribution >= 0.6 is 0 Å². The van der Waals surface area contributed by atoms with Crippen molar-refractivity contribution in [2.45, 2.75) is 6.61 Å². The summed E-state index contributed by atoms with van der Waals surface area (Å²) < 4.78 is 44.4. The monoisotopic (exact) mass is 364 g/mol. The molecule has 0 aliphatic heterocycles. The SMILES string of the molecule is COc1ccc(C(=O)/C=C/c2ccc(OC(F)F)c(OC)c2)cc1OC. The Morgan fingerprint density at radius 3 is 2.12 bits per heavy atom. The highest BCUT2D eigenvalue weighted by Crippen LogP contribution is 2.30. The van der Waals surface area contributed by atoms with Crippen LogP contribution in [0.3, 0.4) is 0 Å². The molecule has 0 heterocycles.